The lowest BCUT2D eigenvalue weighted by atomic mass is 10.4. The average molecular weight is 293 g/mol. The van der Waals surface area contributed by atoms with Gasteiger partial charge in [-0.1, -0.05) is 0 Å². The third-order valence-electron chi connectivity index (χ3n) is 2.13. The first-order valence-corrected chi connectivity index (χ1v) is 8.48. The lowest BCUT2D eigenvalue weighted by Gasteiger charge is -2.08. The summed E-state index contributed by atoms with van der Waals surface area (Å²) < 4.78 is 48.1. The molecule has 0 radical (unpaired) electrons. The van der Waals surface area contributed by atoms with Crippen molar-refractivity contribution in [3.63, 3.8) is 0 Å². The molecule has 1 rings (SSSR count). The van der Waals surface area contributed by atoms with Crippen molar-refractivity contribution in [2.45, 2.75) is 22.8 Å². The number of rotatable bonds is 5. The molecule has 0 saturated heterocycles. The summed E-state index contributed by atoms with van der Waals surface area (Å²) in [6, 6.07) is 4.88. The molecule has 8 heteroatoms. The molecule has 0 amide bonds. The molecule has 1 atom stereocenters. The number of nitrogens with one attached hydrogen (secondary N) is 1. The summed E-state index contributed by atoms with van der Waals surface area (Å²) in [7, 11) is -7.07. The Morgan fingerprint density at radius 2 is 1.56 bits per heavy atom. The van der Waals surface area contributed by atoms with E-state index in [4.69, 9.17) is 5.11 Å². The summed E-state index contributed by atoms with van der Waals surface area (Å²) in [6.45, 7) is 1.35. The van der Waals surface area contributed by atoms with Gasteiger partial charge >= 0.3 is 0 Å². The Morgan fingerprint density at radius 3 is 1.94 bits per heavy atom. The smallest absolute Gasteiger partial charge is 0.240 e. The minimum absolute atomic E-state index is 0.0458. The highest BCUT2D eigenvalue weighted by atomic mass is 32.2. The van der Waals surface area contributed by atoms with Gasteiger partial charge in [0, 0.05) is 12.8 Å². The van der Waals surface area contributed by atoms with Crippen LogP contribution in [0.5, 0.6) is 0 Å². The van der Waals surface area contributed by atoms with Gasteiger partial charge in [-0.25, -0.2) is 21.6 Å². The number of sulfone groups is 1. The largest absolute Gasteiger partial charge is 0.392 e. The molecule has 0 saturated carbocycles. The molecule has 0 aliphatic heterocycles. The fourth-order valence-electron chi connectivity index (χ4n) is 1.18. The molecule has 0 aliphatic carbocycles. The van der Waals surface area contributed by atoms with E-state index in [1.165, 1.54) is 31.2 Å². The molecule has 102 valence electrons. The quantitative estimate of drug-likeness (QED) is 0.779. The van der Waals surface area contributed by atoms with Crippen molar-refractivity contribution >= 4 is 19.9 Å². The maximum atomic E-state index is 11.7. The number of hydrogen-bond acceptors (Lipinski definition) is 5. The number of aliphatic hydroxyl groups excluding tert-OH is 1. The highest BCUT2D eigenvalue weighted by Crippen LogP contribution is 2.14. The van der Waals surface area contributed by atoms with E-state index in [-0.39, 0.29) is 16.3 Å². The zero-order chi connectivity index (χ0) is 14.0. The third kappa shape index (κ3) is 4.05. The van der Waals surface area contributed by atoms with Crippen LogP contribution < -0.4 is 4.72 Å². The predicted molar refractivity (Wildman–Crippen MR) is 66.4 cm³/mol. The van der Waals surface area contributed by atoms with Crippen LogP contribution in [-0.2, 0) is 19.9 Å². The van der Waals surface area contributed by atoms with E-state index in [1.54, 1.807) is 0 Å². The Bertz CT molecular complexity index is 602. The van der Waals surface area contributed by atoms with Crippen LogP contribution in [0.1, 0.15) is 6.92 Å². The van der Waals surface area contributed by atoms with Crippen molar-refractivity contribution in [2.24, 2.45) is 0 Å². The van der Waals surface area contributed by atoms with Gasteiger partial charge in [0.25, 0.3) is 0 Å². The minimum atomic E-state index is -3.72. The van der Waals surface area contributed by atoms with E-state index in [2.05, 4.69) is 4.72 Å². The number of benzene rings is 1. The van der Waals surface area contributed by atoms with Crippen LogP contribution in [0, 0.1) is 0 Å². The van der Waals surface area contributed by atoms with Crippen LogP contribution in [0.4, 0.5) is 0 Å². The first-order chi connectivity index (χ1) is 8.13. The lowest BCUT2D eigenvalue weighted by Crippen LogP contribution is -2.30. The second-order valence-electron chi connectivity index (χ2n) is 3.94. The van der Waals surface area contributed by atoms with Crippen molar-refractivity contribution in [2.75, 3.05) is 12.8 Å². The molecule has 0 aromatic heterocycles. The maximum Gasteiger partial charge on any atom is 0.240 e. The first-order valence-electron chi connectivity index (χ1n) is 5.11. The van der Waals surface area contributed by atoms with Crippen molar-refractivity contribution in [1.82, 2.24) is 4.72 Å². The zero-order valence-corrected chi connectivity index (χ0v) is 11.6. The second-order valence-corrected chi connectivity index (χ2v) is 7.73. The standard InChI is InChI=1S/C10H15NO5S2/c1-8(12)7-11-18(15,16)10-5-3-9(4-6-10)17(2,13)14/h3-6,8,11-12H,7H2,1-2H3/t8-/m1/s1. The van der Waals surface area contributed by atoms with Gasteiger partial charge in [0.15, 0.2) is 9.84 Å². The monoisotopic (exact) mass is 293 g/mol. The molecule has 2 N–H and O–H groups in total. The highest BCUT2D eigenvalue weighted by molar-refractivity contribution is 7.90. The van der Waals surface area contributed by atoms with E-state index in [0.29, 0.717) is 0 Å². The maximum absolute atomic E-state index is 11.7. The fourth-order valence-corrected chi connectivity index (χ4v) is 2.93. The van der Waals surface area contributed by atoms with E-state index < -0.39 is 26.0 Å². The van der Waals surface area contributed by atoms with Crippen molar-refractivity contribution in [1.29, 1.82) is 0 Å². The van der Waals surface area contributed by atoms with E-state index in [0.717, 1.165) is 6.26 Å². The Labute approximate surface area is 107 Å². The van der Waals surface area contributed by atoms with E-state index in [9.17, 15) is 16.8 Å². The van der Waals surface area contributed by atoms with Gasteiger partial charge in [0.1, 0.15) is 0 Å². The Hall–Kier alpha value is -0.960. The van der Waals surface area contributed by atoms with Gasteiger partial charge in [-0.15, -0.1) is 0 Å². The number of hydrogen-bond donors (Lipinski definition) is 2. The SMILES string of the molecule is C[C@@H](O)CNS(=O)(=O)c1ccc(S(C)(=O)=O)cc1. The third-order valence-corrected chi connectivity index (χ3v) is 4.70. The lowest BCUT2D eigenvalue weighted by molar-refractivity contribution is 0.198. The number of aliphatic hydroxyl groups is 1. The van der Waals surface area contributed by atoms with Crippen LogP contribution in [0.25, 0.3) is 0 Å². The molecular formula is C10H15NO5S2. The van der Waals surface area contributed by atoms with Crippen LogP contribution >= 0.6 is 0 Å². The summed E-state index contributed by atoms with van der Waals surface area (Å²) >= 11 is 0. The van der Waals surface area contributed by atoms with Crippen molar-refractivity contribution in [3.05, 3.63) is 24.3 Å². The molecule has 18 heavy (non-hydrogen) atoms. The van der Waals surface area contributed by atoms with Crippen LogP contribution in [0.15, 0.2) is 34.1 Å². The topological polar surface area (TPSA) is 101 Å². The highest BCUT2D eigenvalue weighted by Gasteiger charge is 2.15. The van der Waals surface area contributed by atoms with Crippen LogP contribution in [0.2, 0.25) is 0 Å². The summed E-state index contributed by atoms with van der Waals surface area (Å²) in [5, 5.41) is 9.01. The summed E-state index contributed by atoms with van der Waals surface area (Å²) in [4.78, 5) is 0.00697. The van der Waals surface area contributed by atoms with Crippen LogP contribution in [0.3, 0.4) is 0 Å². The molecule has 1 aromatic carbocycles. The first kappa shape index (κ1) is 15.1. The van der Waals surface area contributed by atoms with Gasteiger partial charge in [0.05, 0.1) is 15.9 Å². The molecule has 0 bridgehead atoms. The Kier molecular flexibility index (Phi) is 4.49. The fraction of sp³-hybridized carbons (Fsp3) is 0.400. The molecule has 0 fully saturated rings. The van der Waals surface area contributed by atoms with Gasteiger partial charge in [0.2, 0.25) is 10.0 Å². The Morgan fingerprint density at radius 1 is 1.11 bits per heavy atom. The van der Waals surface area contributed by atoms with Crippen LogP contribution in [-0.4, -0.2) is 40.8 Å². The summed E-state index contributed by atoms with van der Waals surface area (Å²) in [6.07, 6.45) is 0.248. The molecule has 0 unspecified atom stereocenters. The van der Waals surface area contributed by atoms with Crippen molar-refractivity contribution < 1.29 is 21.9 Å². The molecule has 0 heterocycles. The molecular weight excluding hydrogens is 278 g/mol. The van der Waals surface area contributed by atoms with Gasteiger partial charge in [-0.3, -0.25) is 0 Å². The van der Waals surface area contributed by atoms with Gasteiger partial charge < -0.3 is 5.11 Å². The summed E-state index contributed by atoms with van der Waals surface area (Å²) in [5.41, 5.74) is 0. The molecule has 0 spiro atoms. The zero-order valence-electron chi connectivity index (χ0n) is 9.99. The Balaban J connectivity index is 2.98. The number of sulfonamides is 1. The van der Waals surface area contributed by atoms with E-state index in [1.807, 2.05) is 0 Å². The molecule has 6 nitrogen and oxygen atoms in total. The molecule has 0 aliphatic rings. The second kappa shape index (κ2) is 5.35. The molecule has 1 aromatic rings. The van der Waals surface area contributed by atoms with E-state index >= 15 is 0 Å². The van der Waals surface area contributed by atoms with Gasteiger partial charge in [-0.2, -0.15) is 0 Å². The predicted octanol–water partition coefficient (Wildman–Crippen LogP) is -0.251. The minimum Gasteiger partial charge on any atom is -0.392 e. The van der Waals surface area contributed by atoms with Crippen molar-refractivity contribution in [3.8, 4) is 0 Å². The average Bonchev–Trinajstić information content (AvgIpc) is 2.26. The van der Waals surface area contributed by atoms with Gasteiger partial charge in [-0.05, 0) is 31.2 Å². The summed E-state index contributed by atoms with van der Waals surface area (Å²) in [5.74, 6) is 0. The normalized spacial score (nSPS) is 14.4.